The maximum Gasteiger partial charge on any atom is 0.354 e. The Morgan fingerprint density at radius 2 is 2.00 bits per heavy atom. The lowest BCUT2D eigenvalue weighted by atomic mass is 10.1. The number of nitrogens with one attached hydrogen (secondary N) is 1. The molecule has 2 aromatic rings. The zero-order valence-electron chi connectivity index (χ0n) is 12.1. The molecule has 1 aliphatic heterocycles. The number of aromatic carboxylic acids is 1. The molecular weight excluding hydrogens is 300 g/mol. The largest absolute Gasteiger partial charge is 0.477 e. The van der Waals surface area contributed by atoms with Gasteiger partial charge in [-0.3, -0.25) is 4.79 Å². The quantitative estimate of drug-likeness (QED) is 0.867. The van der Waals surface area contributed by atoms with E-state index in [1.807, 2.05) is 18.2 Å². The van der Waals surface area contributed by atoms with Crippen LogP contribution in [0.4, 0.5) is 0 Å². The molecule has 0 unspecified atom stereocenters. The van der Waals surface area contributed by atoms with Crippen LogP contribution in [0.25, 0.3) is 0 Å². The van der Waals surface area contributed by atoms with Gasteiger partial charge in [-0.1, -0.05) is 6.07 Å². The average Bonchev–Trinajstić information content (AvgIpc) is 3.02. The molecule has 23 heavy (non-hydrogen) atoms. The van der Waals surface area contributed by atoms with Crippen molar-refractivity contribution in [3.05, 3.63) is 53.3 Å². The molecule has 7 heteroatoms. The van der Waals surface area contributed by atoms with Crippen molar-refractivity contribution in [2.24, 2.45) is 0 Å². The van der Waals surface area contributed by atoms with Crippen molar-refractivity contribution in [2.75, 3.05) is 13.3 Å². The molecule has 118 valence electrons. The Kier molecular flexibility index (Phi) is 4.09. The van der Waals surface area contributed by atoms with E-state index in [2.05, 4.69) is 10.3 Å². The zero-order valence-corrected chi connectivity index (χ0v) is 12.1. The van der Waals surface area contributed by atoms with Crippen LogP contribution in [0.5, 0.6) is 11.5 Å². The Morgan fingerprint density at radius 1 is 1.17 bits per heavy atom. The summed E-state index contributed by atoms with van der Waals surface area (Å²) in [4.78, 5) is 26.4. The van der Waals surface area contributed by atoms with E-state index in [9.17, 15) is 9.59 Å². The van der Waals surface area contributed by atoms with Crippen molar-refractivity contribution in [1.82, 2.24) is 10.3 Å². The number of amides is 1. The zero-order chi connectivity index (χ0) is 16.2. The molecule has 1 aromatic heterocycles. The second-order valence-corrected chi connectivity index (χ2v) is 4.93. The number of carboxylic acid groups (broad SMARTS) is 1. The molecular formula is C16H14N2O5. The van der Waals surface area contributed by atoms with Gasteiger partial charge < -0.3 is 19.9 Å². The number of hydrogen-bond donors (Lipinski definition) is 2. The SMILES string of the molecule is O=C(NCCc1ccc2c(c1)OCO2)c1ccc(C(=O)O)nc1. The van der Waals surface area contributed by atoms with E-state index in [1.54, 1.807) is 0 Å². The van der Waals surface area contributed by atoms with Crippen LogP contribution in [0.3, 0.4) is 0 Å². The van der Waals surface area contributed by atoms with E-state index >= 15 is 0 Å². The number of benzene rings is 1. The van der Waals surface area contributed by atoms with Crippen LogP contribution in [-0.4, -0.2) is 35.3 Å². The number of hydrogen-bond acceptors (Lipinski definition) is 5. The number of aromatic nitrogens is 1. The van der Waals surface area contributed by atoms with Gasteiger partial charge in [-0.25, -0.2) is 9.78 Å². The first-order valence-electron chi connectivity index (χ1n) is 6.99. The maximum atomic E-state index is 12.0. The predicted octanol–water partition coefficient (Wildman–Crippen LogP) is 1.48. The van der Waals surface area contributed by atoms with E-state index in [1.165, 1.54) is 18.3 Å². The Bertz CT molecular complexity index is 743. The molecule has 1 aliphatic rings. The summed E-state index contributed by atoms with van der Waals surface area (Å²) in [5, 5.41) is 11.5. The molecule has 0 saturated carbocycles. The monoisotopic (exact) mass is 314 g/mol. The molecule has 3 rings (SSSR count). The molecule has 1 aromatic carbocycles. The number of carbonyl (C=O) groups is 2. The lowest BCUT2D eigenvalue weighted by molar-refractivity contribution is 0.0689. The van der Waals surface area contributed by atoms with Crippen LogP contribution >= 0.6 is 0 Å². The summed E-state index contributed by atoms with van der Waals surface area (Å²) in [5.74, 6) is 0.0135. The number of pyridine rings is 1. The van der Waals surface area contributed by atoms with Gasteiger partial charge in [-0.15, -0.1) is 0 Å². The molecule has 2 heterocycles. The number of ether oxygens (including phenoxy) is 2. The minimum Gasteiger partial charge on any atom is -0.477 e. The van der Waals surface area contributed by atoms with Crippen LogP contribution in [-0.2, 0) is 6.42 Å². The standard InChI is InChI=1S/C16H14N2O5/c19-15(11-2-3-12(16(20)21)18-8-11)17-6-5-10-1-4-13-14(7-10)23-9-22-13/h1-4,7-8H,5-6,9H2,(H,17,19)(H,20,21). The summed E-state index contributed by atoms with van der Waals surface area (Å²) in [7, 11) is 0. The molecule has 7 nitrogen and oxygen atoms in total. The molecule has 0 aliphatic carbocycles. The summed E-state index contributed by atoms with van der Waals surface area (Å²) < 4.78 is 10.5. The van der Waals surface area contributed by atoms with Crippen molar-refractivity contribution < 1.29 is 24.2 Å². The number of carboxylic acids is 1. The molecule has 0 fully saturated rings. The van der Waals surface area contributed by atoms with E-state index in [-0.39, 0.29) is 18.4 Å². The molecule has 1 amide bonds. The highest BCUT2D eigenvalue weighted by Gasteiger charge is 2.13. The van der Waals surface area contributed by atoms with Gasteiger partial charge in [0.2, 0.25) is 6.79 Å². The first kappa shape index (κ1) is 14.8. The molecule has 0 spiro atoms. The van der Waals surface area contributed by atoms with Crippen LogP contribution in [0.1, 0.15) is 26.4 Å². The summed E-state index contributed by atoms with van der Waals surface area (Å²) in [5.41, 5.74) is 1.25. The molecule has 2 N–H and O–H groups in total. The minimum absolute atomic E-state index is 0.0955. The van der Waals surface area contributed by atoms with E-state index in [0.29, 0.717) is 24.3 Å². The first-order chi connectivity index (χ1) is 11.1. The highest BCUT2D eigenvalue weighted by atomic mass is 16.7. The second kappa shape index (κ2) is 6.35. The Balaban J connectivity index is 1.54. The van der Waals surface area contributed by atoms with Gasteiger partial charge in [0.25, 0.3) is 5.91 Å². The smallest absolute Gasteiger partial charge is 0.354 e. The molecule has 0 saturated heterocycles. The Hall–Kier alpha value is -3.09. The van der Waals surface area contributed by atoms with Gasteiger partial charge in [-0.05, 0) is 36.2 Å². The fourth-order valence-electron chi connectivity index (χ4n) is 2.17. The fraction of sp³-hybridized carbons (Fsp3) is 0.188. The number of carbonyl (C=O) groups excluding carboxylic acids is 1. The van der Waals surface area contributed by atoms with Gasteiger partial charge in [0.05, 0.1) is 5.56 Å². The van der Waals surface area contributed by atoms with Gasteiger partial charge in [-0.2, -0.15) is 0 Å². The minimum atomic E-state index is -1.13. The van der Waals surface area contributed by atoms with E-state index in [4.69, 9.17) is 14.6 Å². The molecule has 0 atom stereocenters. The van der Waals surface area contributed by atoms with Gasteiger partial charge >= 0.3 is 5.97 Å². The van der Waals surface area contributed by atoms with E-state index < -0.39 is 5.97 Å². The summed E-state index contributed by atoms with van der Waals surface area (Å²) >= 11 is 0. The molecule has 0 bridgehead atoms. The van der Waals surface area contributed by atoms with Crippen molar-refractivity contribution in [1.29, 1.82) is 0 Å². The van der Waals surface area contributed by atoms with Crippen LogP contribution in [0.15, 0.2) is 36.5 Å². The van der Waals surface area contributed by atoms with E-state index in [0.717, 1.165) is 11.3 Å². The summed E-state index contributed by atoms with van der Waals surface area (Å²) in [6.07, 6.45) is 1.89. The third kappa shape index (κ3) is 3.39. The highest BCUT2D eigenvalue weighted by Crippen LogP contribution is 2.32. The lowest BCUT2D eigenvalue weighted by Gasteiger charge is -2.06. The third-order valence-corrected chi connectivity index (χ3v) is 3.38. The number of nitrogens with zero attached hydrogens (tertiary/aromatic N) is 1. The van der Waals surface area contributed by atoms with Crippen LogP contribution in [0.2, 0.25) is 0 Å². The summed E-state index contributed by atoms with van der Waals surface area (Å²) in [6.45, 7) is 0.675. The topological polar surface area (TPSA) is 97.8 Å². The Labute approximate surface area is 131 Å². The van der Waals surface area contributed by atoms with Crippen molar-refractivity contribution in [3.63, 3.8) is 0 Å². The normalized spacial score (nSPS) is 12.0. The van der Waals surface area contributed by atoms with Gasteiger partial charge in [0.15, 0.2) is 11.5 Å². The van der Waals surface area contributed by atoms with Gasteiger partial charge in [0.1, 0.15) is 5.69 Å². The van der Waals surface area contributed by atoms with Crippen LogP contribution in [0, 0.1) is 0 Å². The maximum absolute atomic E-state index is 12.0. The first-order valence-corrected chi connectivity index (χ1v) is 6.99. The summed E-state index contributed by atoms with van der Waals surface area (Å²) in [6, 6.07) is 8.38. The van der Waals surface area contributed by atoms with Crippen molar-refractivity contribution >= 4 is 11.9 Å². The average molecular weight is 314 g/mol. The van der Waals surface area contributed by atoms with Crippen molar-refractivity contribution in [2.45, 2.75) is 6.42 Å². The molecule has 0 radical (unpaired) electrons. The van der Waals surface area contributed by atoms with Crippen molar-refractivity contribution in [3.8, 4) is 11.5 Å². The second-order valence-electron chi connectivity index (χ2n) is 4.93. The lowest BCUT2D eigenvalue weighted by Crippen LogP contribution is -2.25. The number of fused-ring (bicyclic) bond motifs is 1. The third-order valence-electron chi connectivity index (χ3n) is 3.38. The predicted molar refractivity (Wildman–Crippen MR) is 79.8 cm³/mol. The van der Waals surface area contributed by atoms with Crippen LogP contribution < -0.4 is 14.8 Å². The highest BCUT2D eigenvalue weighted by molar-refractivity contribution is 5.94. The number of rotatable bonds is 5. The Morgan fingerprint density at radius 3 is 2.74 bits per heavy atom. The fourth-order valence-corrected chi connectivity index (χ4v) is 2.17. The van der Waals surface area contributed by atoms with Gasteiger partial charge in [0, 0.05) is 12.7 Å².